The van der Waals surface area contributed by atoms with Crippen LogP contribution < -0.4 is 11.1 Å². The number of carbonyl (C=O) groups is 1. The van der Waals surface area contributed by atoms with E-state index in [-0.39, 0.29) is 11.9 Å². The van der Waals surface area contributed by atoms with Crippen LogP contribution in [0.1, 0.15) is 30.6 Å². The van der Waals surface area contributed by atoms with E-state index in [4.69, 9.17) is 5.73 Å². The highest BCUT2D eigenvalue weighted by Crippen LogP contribution is 2.11. The molecule has 1 unspecified atom stereocenters. The van der Waals surface area contributed by atoms with Gasteiger partial charge >= 0.3 is 0 Å². The zero-order valence-corrected chi connectivity index (χ0v) is 11.2. The van der Waals surface area contributed by atoms with Crippen molar-refractivity contribution in [1.29, 1.82) is 0 Å². The molecule has 1 amide bonds. The number of nitrogen functional groups attached to an aromatic ring is 1. The van der Waals surface area contributed by atoms with Gasteiger partial charge < -0.3 is 11.1 Å². The van der Waals surface area contributed by atoms with Crippen LogP contribution in [-0.4, -0.2) is 23.5 Å². The van der Waals surface area contributed by atoms with E-state index in [1.54, 1.807) is 12.1 Å². The van der Waals surface area contributed by atoms with Crippen molar-refractivity contribution in [1.82, 2.24) is 5.32 Å². The van der Waals surface area contributed by atoms with Gasteiger partial charge in [-0.3, -0.25) is 4.79 Å². The summed E-state index contributed by atoms with van der Waals surface area (Å²) in [6.07, 6.45) is 0.983. The highest BCUT2D eigenvalue weighted by molar-refractivity contribution is 7.99. The first-order valence-corrected chi connectivity index (χ1v) is 7.03. The maximum absolute atomic E-state index is 11.9. The van der Waals surface area contributed by atoms with Gasteiger partial charge in [0.1, 0.15) is 0 Å². The fourth-order valence-corrected chi connectivity index (χ4v) is 2.29. The minimum Gasteiger partial charge on any atom is -0.398 e. The third-order valence-electron chi connectivity index (χ3n) is 2.48. The molecule has 94 valence electrons. The number of amides is 1. The zero-order chi connectivity index (χ0) is 12.7. The van der Waals surface area contributed by atoms with Crippen molar-refractivity contribution in [3.63, 3.8) is 0 Å². The molecule has 0 aromatic heterocycles. The van der Waals surface area contributed by atoms with Crippen molar-refractivity contribution in [2.75, 3.05) is 17.2 Å². The van der Waals surface area contributed by atoms with Gasteiger partial charge in [0.15, 0.2) is 0 Å². The molecule has 0 fully saturated rings. The normalized spacial score (nSPS) is 12.1. The van der Waals surface area contributed by atoms with E-state index in [0.717, 1.165) is 17.9 Å². The van der Waals surface area contributed by atoms with Gasteiger partial charge in [0.25, 0.3) is 5.91 Å². The average Bonchev–Trinajstić information content (AvgIpc) is 2.29. The molecule has 1 rings (SSSR count). The lowest BCUT2D eigenvalue weighted by Crippen LogP contribution is -2.33. The number of thioether (sulfide) groups is 1. The second-order valence-corrected chi connectivity index (χ2v) is 5.34. The van der Waals surface area contributed by atoms with Crippen molar-refractivity contribution >= 4 is 23.4 Å². The summed E-state index contributed by atoms with van der Waals surface area (Å²) in [5.74, 6) is 2.10. The summed E-state index contributed by atoms with van der Waals surface area (Å²) in [7, 11) is 0. The Kier molecular flexibility index (Phi) is 5.91. The van der Waals surface area contributed by atoms with Crippen LogP contribution in [0.3, 0.4) is 0 Å². The van der Waals surface area contributed by atoms with Gasteiger partial charge in [-0.25, -0.2) is 0 Å². The molecule has 3 nitrogen and oxygen atoms in total. The van der Waals surface area contributed by atoms with Crippen LogP contribution in [0.2, 0.25) is 0 Å². The Morgan fingerprint density at radius 2 is 2.18 bits per heavy atom. The molecule has 1 atom stereocenters. The highest BCUT2D eigenvalue weighted by atomic mass is 32.2. The molecule has 0 aliphatic carbocycles. The Balaban J connectivity index is 2.46. The van der Waals surface area contributed by atoms with Crippen LogP contribution in [0.25, 0.3) is 0 Å². The first-order chi connectivity index (χ1) is 8.15. The Labute approximate surface area is 107 Å². The van der Waals surface area contributed by atoms with Crippen molar-refractivity contribution in [2.45, 2.75) is 26.3 Å². The molecular formula is C13H20N2OS. The van der Waals surface area contributed by atoms with Gasteiger partial charge in [-0.1, -0.05) is 19.1 Å². The second-order valence-electron chi connectivity index (χ2n) is 3.95. The number of nitrogens with one attached hydrogen (secondary N) is 1. The molecule has 1 aromatic carbocycles. The maximum atomic E-state index is 11.9. The van der Waals surface area contributed by atoms with E-state index < -0.39 is 0 Å². The topological polar surface area (TPSA) is 55.1 Å². The summed E-state index contributed by atoms with van der Waals surface area (Å²) >= 11 is 1.89. The largest absolute Gasteiger partial charge is 0.398 e. The zero-order valence-electron chi connectivity index (χ0n) is 10.4. The number of carbonyl (C=O) groups excluding carboxylic acids is 1. The van der Waals surface area contributed by atoms with E-state index in [9.17, 15) is 4.79 Å². The van der Waals surface area contributed by atoms with Crippen molar-refractivity contribution in [3.05, 3.63) is 29.8 Å². The number of para-hydroxylation sites is 1. The lowest BCUT2D eigenvalue weighted by molar-refractivity contribution is 0.0940. The predicted octanol–water partition coefficient (Wildman–Crippen LogP) is 2.53. The number of nitrogens with two attached hydrogens (primary N) is 1. The summed E-state index contributed by atoms with van der Waals surface area (Å²) in [6.45, 7) is 4.16. The van der Waals surface area contributed by atoms with Crippen molar-refractivity contribution < 1.29 is 4.79 Å². The molecule has 0 aliphatic heterocycles. The summed E-state index contributed by atoms with van der Waals surface area (Å²) in [5, 5.41) is 2.96. The Bertz CT molecular complexity index is 368. The molecule has 17 heavy (non-hydrogen) atoms. The molecule has 0 heterocycles. The van der Waals surface area contributed by atoms with Crippen LogP contribution >= 0.6 is 11.8 Å². The molecule has 4 heteroatoms. The van der Waals surface area contributed by atoms with E-state index >= 15 is 0 Å². The second kappa shape index (κ2) is 7.22. The van der Waals surface area contributed by atoms with Crippen LogP contribution in [0.5, 0.6) is 0 Å². The van der Waals surface area contributed by atoms with Gasteiger partial charge in [-0.05, 0) is 37.0 Å². The Morgan fingerprint density at radius 3 is 2.82 bits per heavy atom. The summed E-state index contributed by atoms with van der Waals surface area (Å²) in [6, 6.07) is 7.32. The van der Waals surface area contributed by atoms with Crippen molar-refractivity contribution in [2.24, 2.45) is 0 Å². The third kappa shape index (κ3) is 4.69. The van der Waals surface area contributed by atoms with Crippen molar-refractivity contribution in [3.8, 4) is 0 Å². The van der Waals surface area contributed by atoms with Crippen LogP contribution in [0, 0.1) is 0 Å². The van der Waals surface area contributed by atoms with Gasteiger partial charge in [0.2, 0.25) is 0 Å². The van der Waals surface area contributed by atoms with Crippen LogP contribution in [0.4, 0.5) is 5.69 Å². The SMILES string of the molecule is CCSCCC(C)NC(=O)c1ccccc1N. The van der Waals surface area contributed by atoms with Gasteiger partial charge in [-0.2, -0.15) is 11.8 Å². The summed E-state index contributed by atoms with van der Waals surface area (Å²) < 4.78 is 0. The molecule has 0 bridgehead atoms. The minimum atomic E-state index is -0.0860. The molecule has 3 N–H and O–H groups in total. The molecule has 0 saturated heterocycles. The van der Waals surface area contributed by atoms with Gasteiger partial charge in [0, 0.05) is 11.7 Å². The van der Waals surface area contributed by atoms with Gasteiger partial charge in [0.05, 0.1) is 5.56 Å². The molecule has 0 saturated carbocycles. The van der Waals surface area contributed by atoms with Crippen LogP contribution in [0.15, 0.2) is 24.3 Å². The number of anilines is 1. The third-order valence-corrected chi connectivity index (χ3v) is 3.41. The van der Waals surface area contributed by atoms with E-state index in [1.165, 1.54) is 0 Å². The van der Waals surface area contributed by atoms with Gasteiger partial charge in [-0.15, -0.1) is 0 Å². The molecule has 0 spiro atoms. The number of hydrogen-bond acceptors (Lipinski definition) is 3. The number of benzene rings is 1. The lowest BCUT2D eigenvalue weighted by atomic mass is 10.1. The Hall–Kier alpha value is -1.16. The van der Waals surface area contributed by atoms with E-state index in [1.807, 2.05) is 30.8 Å². The van der Waals surface area contributed by atoms with E-state index in [0.29, 0.717) is 11.3 Å². The molecule has 0 aliphatic rings. The molecule has 0 radical (unpaired) electrons. The maximum Gasteiger partial charge on any atom is 0.253 e. The first kappa shape index (κ1) is 13.9. The fraction of sp³-hybridized carbons (Fsp3) is 0.462. The standard InChI is InChI=1S/C13H20N2OS/c1-3-17-9-8-10(2)15-13(16)11-6-4-5-7-12(11)14/h4-7,10H,3,8-9,14H2,1-2H3,(H,15,16). The van der Waals surface area contributed by atoms with Crippen LogP contribution in [-0.2, 0) is 0 Å². The smallest absolute Gasteiger partial charge is 0.253 e. The number of rotatable bonds is 6. The average molecular weight is 252 g/mol. The van der Waals surface area contributed by atoms with E-state index in [2.05, 4.69) is 12.2 Å². The predicted molar refractivity (Wildman–Crippen MR) is 75.4 cm³/mol. The fourth-order valence-electron chi connectivity index (χ4n) is 1.48. The molecular weight excluding hydrogens is 232 g/mol. The summed E-state index contributed by atoms with van der Waals surface area (Å²) in [5.41, 5.74) is 6.84. The summed E-state index contributed by atoms with van der Waals surface area (Å²) in [4.78, 5) is 11.9. The minimum absolute atomic E-state index is 0.0860. The lowest BCUT2D eigenvalue weighted by Gasteiger charge is -2.14. The first-order valence-electron chi connectivity index (χ1n) is 5.88. The highest BCUT2D eigenvalue weighted by Gasteiger charge is 2.11. The number of hydrogen-bond donors (Lipinski definition) is 2. The molecule has 1 aromatic rings. The Morgan fingerprint density at radius 1 is 1.47 bits per heavy atom. The quantitative estimate of drug-likeness (QED) is 0.604. The monoisotopic (exact) mass is 252 g/mol.